The number of rotatable bonds is 9. The van der Waals surface area contributed by atoms with E-state index >= 15 is 0 Å². The summed E-state index contributed by atoms with van der Waals surface area (Å²) in [5.41, 5.74) is 2.04. The molecule has 6 heteroatoms. The maximum absolute atomic E-state index is 12.0. The van der Waals surface area contributed by atoms with Gasteiger partial charge in [-0.05, 0) is 35.7 Å². The lowest BCUT2D eigenvalue weighted by Gasteiger charge is -2.21. The molecule has 6 nitrogen and oxygen atoms in total. The van der Waals surface area contributed by atoms with Gasteiger partial charge in [0.2, 0.25) is 11.8 Å². The Bertz CT molecular complexity index is 719. The van der Waals surface area contributed by atoms with Gasteiger partial charge in [0.25, 0.3) is 0 Å². The monoisotopic (exact) mass is 355 g/mol. The number of benzene rings is 1. The van der Waals surface area contributed by atoms with Crippen molar-refractivity contribution in [1.29, 1.82) is 0 Å². The number of carbonyl (C=O) groups excluding carboxylic acids is 2. The van der Waals surface area contributed by atoms with Crippen molar-refractivity contribution in [1.82, 2.24) is 15.2 Å². The highest BCUT2D eigenvalue weighted by molar-refractivity contribution is 5.78. The van der Waals surface area contributed by atoms with Gasteiger partial charge in [0, 0.05) is 45.4 Å². The molecule has 2 amide bonds. The van der Waals surface area contributed by atoms with Crippen LogP contribution < -0.4 is 10.1 Å². The number of carbonyl (C=O) groups is 2. The number of hydrogen-bond acceptors (Lipinski definition) is 4. The van der Waals surface area contributed by atoms with Crippen LogP contribution in [0.2, 0.25) is 0 Å². The van der Waals surface area contributed by atoms with Crippen LogP contribution in [-0.4, -0.2) is 41.9 Å². The van der Waals surface area contributed by atoms with Gasteiger partial charge in [0.05, 0.1) is 7.11 Å². The second-order valence-corrected chi connectivity index (χ2v) is 5.95. The van der Waals surface area contributed by atoms with Crippen molar-refractivity contribution in [3.05, 3.63) is 59.9 Å². The Morgan fingerprint density at radius 2 is 1.85 bits per heavy atom. The van der Waals surface area contributed by atoms with Crippen LogP contribution in [-0.2, 0) is 22.6 Å². The van der Waals surface area contributed by atoms with Gasteiger partial charge in [-0.1, -0.05) is 18.2 Å². The second kappa shape index (κ2) is 10.2. The van der Waals surface area contributed by atoms with Gasteiger partial charge in [-0.25, -0.2) is 0 Å². The smallest absolute Gasteiger partial charge is 0.222 e. The fourth-order valence-electron chi connectivity index (χ4n) is 2.62. The zero-order valence-corrected chi connectivity index (χ0v) is 15.3. The highest BCUT2D eigenvalue weighted by Crippen LogP contribution is 2.18. The first-order chi connectivity index (χ1) is 12.6. The normalized spacial score (nSPS) is 10.2. The lowest BCUT2D eigenvalue weighted by atomic mass is 10.1. The van der Waals surface area contributed by atoms with Gasteiger partial charge in [0.1, 0.15) is 5.75 Å². The fraction of sp³-hybridized carbons (Fsp3) is 0.350. The van der Waals surface area contributed by atoms with E-state index in [0.29, 0.717) is 26.1 Å². The third-order valence-electron chi connectivity index (χ3n) is 4.14. The first-order valence-electron chi connectivity index (χ1n) is 8.63. The van der Waals surface area contributed by atoms with Crippen molar-refractivity contribution >= 4 is 11.8 Å². The maximum Gasteiger partial charge on any atom is 0.222 e. The summed E-state index contributed by atoms with van der Waals surface area (Å²) in [5.74, 6) is 0.693. The fourth-order valence-corrected chi connectivity index (χ4v) is 2.62. The summed E-state index contributed by atoms with van der Waals surface area (Å²) < 4.78 is 5.34. The number of amides is 2. The van der Waals surface area contributed by atoms with E-state index in [1.807, 2.05) is 36.4 Å². The molecule has 0 fully saturated rings. The molecule has 0 unspecified atom stereocenters. The van der Waals surface area contributed by atoms with E-state index in [1.54, 1.807) is 24.4 Å². The summed E-state index contributed by atoms with van der Waals surface area (Å²) in [4.78, 5) is 29.5. The lowest BCUT2D eigenvalue weighted by molar-refractivity contribution is -0.129. The first kappa shape index (κ1) is 19.4. The van der Waals surface area contributed by atoms with Gasteiger partial charge in [-0.3, -0.25) is 14.6 Å². The average molecular weight is 355 g/mol. The van der Waals surface area contributed by atoms with Gasteiger partial charge < -0.3 is 15.0 Å². The molecule has 0 saturated heterocycles. The van der Waals surface area contributed by atoms with Crippen LogP contribution >= 0.6 is 0 Å². The Morgan fingerprint density at radius 1 is 1.12 bits per heavy atom. The largest absolute Gasteiger partial charge is 0.496 e. The number of hydrogen-bond donors (Lipinski definition) is 1. The van der Waals surface area contributed by atoms with Gasteiger partial charge in [-0.15, -0.1) is 0 Å². The highest BCUT2D eigenvalue weighted by atomic mass is 16.5. The van der Waals surface area contributed by atoms with E-state index in [2.05, 4.69) is 10.3 Å². The van der Waals surface area contributed by atoms with Crippen molar-refractivity contribution < 1.29 is 14.3 Å². The molecule has 0 radical (unpaired) electrons. The molecule has 0 aliphatic rings. The molecule has 0 bridgehead atoms. The SMILES string of the molecule is COc1ccccc1CCN(CCC(=O)NCc1ccncc1)C(C)=O. The Kier molecular flexibility index (Phi) is 7.61. The quantitative estimate of drug-likeness (QED) is 0.748. The summed E-state index contributed by atoms with van der Waals surface area (Å²) in [6, 6.07) is 11.5. The number of pyridine rings is 1. The molecule has 1 aromatic carbocycles. The topological polar surface area (TPSA) is 71.5 Å². The minimum Gasteiger partial charge on any atom is -0.496 e. The number of ether oxygens (including phenoxy) is 1. The third-order valence-corrected chi connectivity index (χ3v) is 4.14. The standard InChI is InChI=1S/C20H25N3O3/c1-16(24)23(13-9-18-5-3-4-6-19(18)26-2)14-10-20(25)22-15-17-7-11-21-12-8-17/h3-8,11-12H,9-10,13-15H2,1-2H3,(H,22,25). The molecular weight excluding hydrogens is 330 g/mol. The molecule has 1 N–H and O–H groups in total. The zero-order valence-electron chi connectivity index (χ0n) is 15.3. The number of nitrogens with one attached hydrogen (secondary N) is 1. The number of nitrogens with zero attached hydrogens (tertiary/aromatic N) is 2. The number of aromatic nitrogens is 1. The summed E-state index contributed by atoms with van der Waals surface area (Å²) in [7, 11) is 1.63. The molecule has 0 atom stereocenters. The summed E-state index contributed by atoms with van der Waals surface area (Å²) in [6.07, 6.45) is 4.34. The Labute approximate surface area is 154 Å². The molecular formula is C20H25N3O3. The number of methoxy groups -OCH3 is 1. The van der Waals surface area contributed by atoms with Gasteiger partial charge in [0.15, 0.2) is 0 Å². The third kappa shape index (κ3) is 6.20. The zero-order chi connectivity index (χ0) is 18.8. The van der Waals surface area contributed by atoms with E-state index in [1.165, 1.54) is 6.92 Å². The molecule has 0 saturated carbocycles. The summed E-state index contributed by atoms with van der Waals surface area (Å²) in [5, 5.41) is 2.86. The molecule has 26 heavy (non-hydrogen) atoms. The number of para-hydroxylation sites is 1. The summed E-state index contributed by atoms with van der Waals surface area (Å²) in [6.45, 7) is 2.93. The minimum atomic E-state index is -0.0784. The van der Waals surface area contributed by atoms with E-state index in [9.17, 15) is 9.59 Å². The van der Waals surface area contributed by atoms with E-state index in [0.717, 1.165) is 16.9 Å². The van der Waals surface area contributed by atoms with Crippen LogP contribution in [0.15, 0.2) is 48.8 Å². The van der Waals surface area contributed by atoms with Crippen LogP contribution in [0.25, 0.3) is 0 Å². The molecule has 0 aliphatic heterocycles. The van der Waals surface area contributed by atoms with Crippen LogP contribution in [0.1, 0.15) is 24.5 Å². The van der Waals surface area contributed by atoms with Gasteiger partial charge >= 0.3 is 0 Å². The second-order valence-electron chi connectivity index (χ2n) is 5.95. The maximum atomic E-state index is 12.0. The molecule has 2 rings (SSSR count). The summed E-state index contributed by atoms with van der Waals surface area (Å²) >= 11 is 0. The van der Waals surface area contributed by atoms with Crippen molar-refractivity contribution in [2.45, 2.75) is 26.3 Å². The highest BCUT2D eigenvalue weighted by Gasteiger charge is 2.12. The van der Waals surface area contributed by atoms with E-state index < -0.39 is 0 Å². The molecule has 138 valence electrons. The van der Waals surface area contributed by atoms with Crippen molar-refractivity contribution in [3.8, 4) is 5.75 Å². The minimum absolute atomic E-state index is 0.0400. The molecule has 2 aromatic rings. The molecule has 0 aliphatic carbocycles. The predicted molar refractivity (Wildman–Crippen MR) is 99.7 cm³/mol. The van der Waals surface area contributed by atoms with Gasteiger partial charge in [-0.2, -0.15) is 0 Å². The van der Waals surface area contributed by atoms with Crippen molar-refractivity contribution in [3.63, 3.8) is 0 Å². The Hall–Kier alpha value is -2.89. The molecule has 1 aromatic heterocycles. The first-order valence-corrected chi connectivity index (χ1v) is 8.63. The molecule has 0 spiro atoms. The van der Waals surface area contributed by atoms with E-state index in [-0.39, 0.29) is 18.2 Å². The van der Waals surface area contributed by atoms with Crippen LogP contribution in [0.4, 0.5) is 0 Å². The van der Waals surface area contributed by atoms with Crippen LogP contribution in [0, 0.1) is 0 Å². The van der Waals surface area contributed by atoms with Crippen LogP contribution in [0.5, 0.6) is 5.75 Å². The van der Waals surface area contributed by atoms with Crippen molar-refractivity contribution in [2.75, 3.05) is 20.2 Å². The average Bonchev–Trinajstić information content (AvgIpc) is 2.67. The van der Waals surface area contributed by atoms with E-state index in [4.69, 9.17) is 4.74 Å². The Morgan fingerprint density at radius 3 is 2.54 bits per heavy atom. The lowest BCUT2D eigenvalue weighted by Crippen LogP contribution is -2.35. The predicted octanol–water partition coefficient (Wildman–Crippen LogP) is 2.19. The molecule has 1 heterocycles. The van der Waals surface area contributed by atoms with Crippen molar-refractivity contribution in [2.24, 2.45) is 0 Å². The Balaban J connectivity index is 1.80. The van der Waals surface area contributed by atoms with Crippen LogP contribution in [0.3, 0.4) is 0 Å².